The van der Waals surface area contributed by atoms with Gasteiger partial charge in [0.1, 0.15) is 0 Å². The van der Waals surface area contributed by atoms with Crippen LogP contribution in [0.15, 0.2) is 11.6 Å². The number of hydrogen-bond acceptors (Lipinski definition) is 3. The molecule has 0 aliphatic heterocycles. The lowest BCUT2D eigenvalue weighted by molar-refractivity contribution is -0.131. The predicted octanol–water partition coefficient (Wildman–Crippen LogP) is 2.58. The van der Waals surface area contributed by atoms with Gasteiger partial charge in [-0.1, -0.05) is 20.8 Å². The Morgan fingerprint density at radius 2 is 2.19 bits per heavy atom. The Labute approximate surface area is 101 Å². The number of rotatable bonds is 4. The highest BCUT2D eigenvalue weighted by Gasteiger charge is 2.18. The first-order chi connectivity index (χ1) is 7.38. The molecule has 0 unspecified atom stereocenters. The van der Waals surface area contributed by atoms with Crippen molar-refractivity contribution in [1.82, 2.24) is 9.88 Å². The van der Waals surface area contributed by atoms with Crippen molar-refractivity contribution < 1.29 is 4.79 Å². The Morgan fingerprint density at radius 3 is 2.69 bits per heavy atom. The molecular weight excluding hydrogens is 220 g/mol. The monoisotopic (exact) mass is 240 g/mol. The highest BCUT2D eigenvalue weighted by atomic mass is 32.1. The highest BCUT2D eigenvalue weighted by molar-refractivity contribution is 7.09. The minimum atomic E-state index is 0.0620. The lowest BCUT2D eigenvalue weighted by Crippen LogP contribution is -2.31. The summed E-state index contributed by atoms with van der Waals surface area (Å²) in [7, 11) is 1.86. The molecule has 3 nitrogen and oxygen atoms in total. The second-order valence-electron chi connectivity index (χ2n) is 5.23. The minimum absolute atomic E-state index is 0.0620. The van der Waals surface area contributed by atoms with Crippen LogP contribution in [-0.2, 0) is 11.2 Å². The first-order valence-electron chi connectivity index (χ1n) is 5.51. The zero-order chi connectivity index (χ0) is 12.2. The van der Waals surface area contributed by atoms with Gasteiger partial charge in [-0.25, -0.2) is 4.98 Å². The van der Waals surface area contributed by atoms with Gasteiger partial charge in [-0.3, -0.25) is 4.79 Å². The molecule has 0 spiro atoms. The van der Waals surface area contributed by atoms with Gasteiger partial charge in [-0.15, -0.1) is 11.3 Å². The van der Waals surface area contributed by atoms with Crippen molar-refractivity contribution in [2.75, 3.05) is 13.6 Å². The zero-order valence-electron chi connectivity index (χ0n) is 10.5. The van der Waals surface area contributed by atoms with Crippen LogP contribution in [0.25, 0.3) is 0 Å². The third-order valence-electron chi connectivity index (χ3n) is 2.25. The van der Waals surface area contributed by atoms with E-state index in [9.17, 15) is 4.79 Å². The average Bonchev–Trinajstić information content (AvgIpc) is 2.63. The van der Waals surface area contributed by atoms with E-state index in [0.29, 0.717) is 6.42 Å². The van der Waals surface area contributed by atoms with E-state index in [4.69, 9.17) is 0 Å². The van der Waals surface area contributed by atoms with Gasteiger partial charge in [0.25, 0.3) is 0 Å². The van der Waals surface area contributed by atoms with Gasteiger partial charge in [0.05, 0.1) is 5.01 Å². The molecule has 0 N–H and O–H groups in total. The van der Waals surface area contributed by atoms with Crippen LogP contribution in [0.5, 0.6) is 0 Å². The van der Waals surface area contributed by atoms with Crippen molar-refractivity contribution in [2.24, 2.45) is 5.41 Å². The molecule has 0 atom stereocenters. The van der Waals surface area contributed by atoms with Crippen molar-refractivity contribution in [3.05, 3.63) is 16.6 Å². The van der Waals surface area contributed by atoms with Crippen LogP contribution in [0.4, 0.5) is 0 Å². The number of amides is 1. The summed E-state index contributed by atoms with van der Waals surface area (Å²) in [5.74, 6) is 0.212. The summed E-state index contributed by atoms with van der Waals surface area (Å²) < 4.78 is 0. The van der Waals surface area contributed by atoms with Crippen molar-refractivity contribution in [3.63, 3.8) is 0 Å². The molecule has 1 aromatic rings. The number of nitrogens with zero attached hydrogens (tertiary/aromatic N) is 2. The van der Waals surface area contributed by atoms with E-state index in [1.165, 1.54) is 0 Å². The van der Waals surface area contributed by atoms with E-state index in [-0.39, 0.29) is 11.3 Å². The Balaban J connectivity index is 2.35. The van der Waals surface area contributed by atoms with Crippen LogP contribution in [0, 0.1) is 5.41 Å². The maximum Gasteiger partial charge on any atom is 0.222 e. The van der Waals surface area contributed by atoms with Crippen molar-refractivity contribution in [1.29, 1.82) is 0 Å². The van der Waals surface area contributed by atoms with Crippen molar-refractivity contribution >= 4 is 17.2 Å². The van der Waals surface area contributed by atoms with Gasteiger partial charge in [-0.2, -0.15) is 0 Å². The largest absolute Gasteiger partial charge is 0.345 e. The van der Waals surface area contributed by atoms with E-state index >= 15 is 0 Å². The predicted molar refractivity (Wildman–Crippen MR) is 67.5 cm³/mol. The molecule has 0 aliphatic carbocycles. The van der Waals surface area contributed by atoms with Gasteiger partial charge in [0.2, 0.25) is 5.91 Å². The molecule has 0 fully saturated rings. The third-order valence-corrected chi connectivity index (χ3v) is 3.09. The molecule has 4 heteroatoms. The summed E-state index contributed by atoms with van der Waals surface area (Å²) >= 11 is 1.64. The molecule has 1 amide bonds. The van der Waals surface area contributed by atoms with Gasteiger partial charge in [0.15, 0.2) is 0 Å². The fraction of sp³-hybridized carbons (Fsp3) is 0.667. The molecule has 1 rings (SSSR count). The van der Waals surface area contributed by atoms with Gasteiger partial charge < -0.3 is 4.90 Å². The molecule has 0 aromatic carbocycles. The summed E-state index contributed by atoms with van der Waals surface area (Å²) in [5.41, 5.74) is 0.0620. The van der Waals surface area contributed by atoms with E-state index < -0.39 is 0 Å². The minimum Gasteiger partial charge on any atom is -0.345 e. The Hall–Kier alpha value is -0.900. The Morgan fingerprint density at radius 1 is 1.50 bits per heavy atom. The van der Waals surface area contributed by atoms with E-state index in [1.54, 1.807) is 22.4 Å². The van der Waals surface area contributed by atoms with Gasteiger partial charge in [0, 0.05) is 38.0 Å². The van der Waals surface area contributed by atoms with Crippen LogP contribution in [-0.4, -0.2) is 29.4 Å². The summed E-state index contributed by atoms with van der Waals surface area (Å²) in [6.45, 7) is 7.00. The van der Waals surface area contributed by atoms with E-state index in [2.05, 4.69) is 25.8 Å². The Kier molecular flexibility index (Phi) is 4.47. The molecule has 90 valence electrons. The lowest BCUT2D eigenvalue weighted by Gasteiger charge is -2.22. The third kappa shape index (κ3) is 4.75. The summed E-state index contributed by atoms with van der Waals surface area (Å²) in [6.07, 6.45) is 3.25. The van der Waals surface area contributed by atoms with Crippen LogP contribution in [0.1, 0.15) is 32.2 Å². The smallest absolute Gasteiger partial charge is 0.222 e. The second kappa shape index (κ2) is 5.43. The van der Waals surface area contributed by atoms with E-state index in [1.807, 2.05) is 12.4 Å². The summed E-state index contributed by atoms with van der Waals surface area (Å²) in [6, 6.07) is 0. The number of thiazole rings is 1. The van der Waals surface area contributed by atoms with Crippen molar-refractivity contribution in [2.45, 2.75) is 33.6 Å². The van der Waals surface area contributed by atoms with Crippen molar-refractivity contribution in [3.8, 4) is 0 Å². The molecule has 0 bridgehead atoms. The molecule has 16 heavy (non-hydrogen) atoms. The molecule has 0 radical (unpaired) electrons. The maximum absolute atomic E-state index is 11.8. The lowest BCUT2D eigenvalue weighted by atomic mass is 9.92. The number of hydrogen-bond donors (Lipinski definition) is 0. The molecule has 1 aromatic heterocycles. The zero-order valence-corrected chi connectivity index (χ0v) is 11.3. The number of likely N-dealkylation sites (N-methyl/N-ethyl adjacent to an activating group) is 1. The van der Waals surface area contributed by atoms with E-state index in [0.717, 1.165) is 18.0 Å². The fourth-order valence-electron chi connectivity index (χ4n) is 1.35. The SMILES string of the molecule is CN(CCc1nccs1)C(=O)CC(C)(C)C. The first kappa shape index (κ1) is 13.2. The topological polar surface area (TPSA) is 33.2 Å². The van der Waals surface area contributed by atoms with Crippen LogP contribution < -0.4 is 0 Å². The average molecular weight is 240 g/mol. The summed E-state index contributed by atoms with van der Waals surface area (Å²) in [5, 5.41) is 3.06. The first-order valence-corrected chi connectivity index (χ1v) is 6.39. The van der Waals surface area contributed by atoms with Crippen LogP contribution in [0.3, 0.4) is 0 Å². The normalized spacial score (nSPS) is 11.5. The number of aromatic nitrogens is 1. The molecule has 0 saturated heterocycles. The molecule has 0 aliphatic rings. The maximum atomic E-state index is 11.8. The standard InChI is InChI=1S/C12H20N2OS/c1-12(2,3)9-11(15)14(4)7-5-10-13-6-8-16-10/h6,8H,5,7,9H2,1-4H3. The van der Waals surface area contributed by atoms with Crippen LogP contribution >= 0.6 is 11.3 Å². The highest BCUT2D eigenvalue weighted by Crippen LogP contribution is 2.19. The van der Waals surface area contributed by atoms with Crippen LogP contribution in [0.2, 0.25) is 0 Å². The molecule has 1 heterocycles. The fourth-order valence-corrected chi connectivity index (χ4v) is 1.96. The van der Waals surface area contributed by atoms with Gasteiger partial charge >= 0.3 is 0 Å². The molecule has 0 saturated carbocycles. The molecular formula is C12H20N2OS. The quantitative estimate of drug-likeness (QED) is 0.810. The number of carbonyl (C=O) groups excluding carboxylic acids is 1. The number of carbonyl (C=O) groups is 1. The second-order valence-corrected chi connectivity index (χ2v) is 6.21. The Bertz CT molecular complexity index is 327. The van der Waals surface area contributed by atoms with Gasteiger partial charge in [-0.05, 0) is 5.41 Å². The summed E-state index contributed by atoms with van der Waals surface area (Å²) in [4.78, 5) is 17.8.